The first-order chi connectivity index (χ1) is 12.0. The van der Waals surface area contributed by atoms with E-state index in [1.807, 2.05) is 25.1 Å². The minimum absolute atomic E-state index is 0.0259. The highest BCUT2D eigenvalue weighted by atomic mass is 16.5. The summed E-state index contributed by atoms with van der Waals surface area (Å²) >= 11 is 0. The van der Waals surface area contributed by atoms with Crippen LogP contribution in [0.4, 0.5) is 4.79 Å². The van der Waals surface area contributed by atoms with Crippen LogP contribution in [0.1, 0.15) is 38.8 Å². The highest BCUT2D eigenvalue weighted by Crippen LogP contribution is 2.23. The van der Waals surface area contributed by atoms with Crippen LogP contribution < -0.4 is 10.6 Å². The molecule has 1 aromatic heterocycles. The minimum atomic E-state index is -1.09. The highest BCUT2D eigenvalue weighted by Gasteiger charge is 2.22. The van der Waals surface area contributed by atoms with Gasteiger partial charge in [0.1, 0.15) is 5.58 Å². The molecular formula is C19H24N2O5. The third kappa shape index (κ3) is 5.34. The van der Waals surface area contributed by atoms with E-state index in [0.717, 1.165) is 10.9 Å². The monoisotopic (exact) mass is 360 g/mol. The van der Waals surface area contributed by atoms with E-state index in [1.165, 1.54) is 13.2 Å². The van der Waals surface area contributed by atoms with E-state index >= 15 is 0 Å². The summed E-state index contributed by atoms with van der Waals surface area (Å²) in [6, 6.07) is 5.05. The van der Waals surface area contributed by atoms with Crippen LogP contribution in [0.3, 0.4) is 0 Å². The zero-order valence-corrected chi connectivity index (χ0v) is 15.6. The SMILES string of the molecule is Cc1ccc2c(CC(=O)O[C@H](C)C(=O)NC(=O)NC(C)(C)C)coc2c1. The Labute approximate surface area is 152 Å². The average molecular weight is 360 g/mol. The number of esters is 1. The number of furan rings is 1. The van der Waals surface area contributed by atoms with Gasteiger partial charge in [-0.15, -0.1) is 0 Å². The molecule has 7 heteroatoms. The molecule has 0 aliphatic carbocycles. The maximum absolute atomic E-state index is 12.1. The zero-order chi connectivity index (χ0) is 19.5. The van der Waals surface area contributed by atoms with Gasteiger partial charge in [-0.3, -0.25) is 14.9 Å². The number of nitrogens with one attached hydrogen (secondary N) is 2. The second-order valence-corrected chi connectivity index (χ2v) is 7.26. The molecule has 1 atom stereocenters. The molecule has 0 radical (unpaired) electrons. The van der Waals surface area contributed by atoms with Crippen LogP contribution in [0.15, 0.2) is 28.9 Å². The van der Waals surface area contributed by atoms with Gasteiger partial charge in [0.2, 0.25) is 0 Å². The third-order valence-corrected chi connectivity index (χ3v) is 3.55. The smallest absolute Gasteiger partial charge is 0.321 e. The van der Waals surface area contributed by atoms with Gasteiger partial charge < -0.3 is 14.5 Å². The van der Waals surface area contributed by atoms with E-state index < -0.39 is 29.6 Å². The van der Waals surface area contributed by atoms with Crippen molar-refractivity contribution in [2.45, 2.75) is 52.7 Å². The summed E-state index contributed by atoms with van der Waals surface area (Å²) in [6.45, 7) is 8.73. The van der Waals surface area contributed by atoms with Crippen molar-refractivity contribution in [3.05, 3.63) is 35.6 Å². The van der Waals surface area contributed by atoms with Gasteiger partial charge in [0.05, 0.1) is 12.7 Å². The van der Waals surface area contributed by atoms with E-state index in [4.69, 9.17) is 9.15 Å². The Morgan fingerprint density at radius 1 is 1.23 bits per heavy atom. The topological polar surface area (TPSA) is 97.6 Å². The second kappa shape index (κ2) is 7.59. The average Bonchev–Trinajstić information content (AvgIpc) is 2.86. The lowest BCUT2D eigenvalue weighted by Crippen LogP contribution is -2.50. The molecule has 0 bridgehead atoms. The zero-order valence-electron chi connectivity index (χ0n) is 15.6. The van der Waals surface area contributed by atoms with Gasteiger partial charge in [-0.05, 0) is 46.2 Å². The number of urea groups is 1. The van der Waals surface area contributed by atoms with Gasteiger partial charge >= 0.3 is 12.0 Å². The first-order valence-corrected chi connectivity index (χ1v) is 8.34. The lowest BCUT2D eigenvalue weighted by atomic mass is 10.1. The van der Waals surface area contributed by atoms with Crippen LogP contribution in [-0.4, -0.2) is 29.6 Å². The van der Waals surface area contributed by atoms with Crippen LogP contribution in [0, 0.1) is 6.92 Å². The largest absolute Gasteiger partial charge is 0.464 e. The quantitative estimate of drug-likeness (QED) is 0.817. The summed E-state index contributed by atoms with van der Waals surface area (Å²) in [5, 5.41) is 5.58. The Kier molecular flexibility index (Phi) is 5.69. The van der Waals surface area contributed by atoms with Crippen molar-refractivity contribution in [1.82, 2.24) is 10.6 Å². The van der Waals surface area contributed by atoms with Gasteiger partial charge in [0.25, 0.3) is 5.91 Å². The molecule has 26 heavy (non-hydrogen) atoms. The van der Waals surface area contributed by atoms with E-state index in [0.29, 0.717) is 11.1 Å². The van der Waals surface area contributed by atoms with Gasteiger partial charge in [-0.1, -0.05) is 12.1 Å². The summed E-state index contributed by atoms with van der Waals surface area (Å²) in [5.74, 6) is -1.26. The number of hydrogen-bond donors (Lipinski definition) is 2. The fourth-order valence-electron chi connectivity index (χ4n) is 2.36. The molecule has 0 saturated heterocycles. The predicted molar refractivity (Wildman–Crippen MR) is 96.6 cm³/mol. The molecule has 2 N–H and O–H groups in total. The predicted octanol–water partition coefficient (Wildman–Crippen LogP) is 2.84. The summed E-state index contributed by atoms with van der Waals surface area (Å²) in [6.07, 6.45) is 0.392. The van der Waals surface area contributed by atoms with Crippen molar-refractivity contribution in [1.29, 1.82) is 0 Å². The van der Waals surface area contributed by atoms with Crippen LogP contribution in [0.25, 0.3) is 11.0 Å². The number of benzene rings is 1. The highest BCUT2D eigenvalue weighted by molar-refractivity contribution is 5.97. The van der Waals surface area contributed by atoms with Gasteiger partial charge in [0.15, 0.2) is 6.10 Å². The number of carbonyl (C=O) groups is 3. The fraction of sp³-hybridized carbons (Fsp3) is 0.421. The molecule has 1 aromatic carbocycles. The molecule has 0 saturated carbocycles. The molecule has 7 nitrogen and oxygen atoms in total. The van der Waals surface area contributed by atoms with E-state index in [9.17, 15) is 14.4 Å². The first kappa shape index (κ1) is 19.5. The number of hydrogen-bond acceptors (Lipinski definition) is 5. The Hall–Kier alpha value is -2.83. The van der Waals surface area contributed by atoms with Gasteiger partial charge in [-0.2, -0.15) is 0 Å². The van der Waals surface area contributed by atoms with Crippen molar-refractivity contribution in [3.63, 3.8) is 0 Å². The Bertz CT molecular complexity index is 832. The Morgan fingerprint density at radius 2 is 1.92 bits per heavy atom. The van der Waals surface area contributed by atoms with Crippen molar-refractivity contribution in [2.75, 3.05) is 0 Å². The number of imide groups is 1. The van der Waals surface area contributed by atoms with E-state index in [-0.39, 0.29) is 6.42 Å². The Morgan fingerprint density at radius 3 is 2.58 bits per heavy atom. The molecule has 1 heterocycles. The van der Waals surface area contributed by atoms with Gasteiger partial charge in [-0.25, -0.2) is 4.79 Å². The molecule has 0 aliphatic rings. The molecule has 140 valence electrons. The Balaban J connectivity index is 1.92. The van der Waals surface area contributed by atoms with E-state index in [2.05, 4.69) is 10.6 Å². The number of ether oxygens (including phenoxy) is 1. The van der Waals surface area contributed by atoms with Crippen LogP contribution in [0.5, 0.6) is 0 Å². The van der Waals surface area contributed by atoms with Crippen molar-refractivity contribution >= 4 is 28.9 Å². The van der Waals surface area contributed by atoms with Crippen molar-refractivity contribution in [3.8, 4) is 0 Å². The summed E-state index contributed by atoms with van der Waals surface area (Å²) in [7, 11) is 0. The molecule has 3 amide bonds. The molecule has 0 spiro atoms. The number of fused-ring (bicyclic) bond motifs is 1. The summed E-state index contributed by atoms with van der Waals surface area (Å²) < 4.78 is 10.6. The molecule has 0 unspecified atom stereocenters. The molecule has 0 fully saturated rings. The van der Waals surface area contributed by atoms with Crippen molar-refractivity contribution < 1.29 is 23.5 Å². The third-order valence-electron chi connectivity index (χ3n) is 3.55. The number of amides is 3. The standard InChI is InChI=1S/C19H24N2O5/c1-11-6-7-14-13(10-25-15(14)8-11)9-16(22)26-12(2)17(23)20-18(24)21-19(3,4)5/h6-8,10,12H,9H2,1-5H3,(H2,20,21,23,24)/t12-/m1/s1. The van der Waals surface area contributed by atoms with Gasteiger partial charge in [0, 0.05) is 16.5 Å². The second-order valence-electron chi connectivity index (χ2n) is 7.26. The molecule has 2 aromatic rings. The molecular weight excluding hydrogens is 336 g/mol. The minimum Gasteiger partial charge on any atom is -0.464 e. The number of aryl methyl sites for hydroxylation is 1. The van der Waals surface area contributed by atoms with Crippen LogP contribution in [-0.2, 0) is 20.7 Å². The number of rotatable bonds is 4. The molecule has 2 rings (SSSR count). The summed E-state index contributed by atoms with van der Waals surface area (Å²) in [5.41, 5.74) is 1.95. The first-order valence-electron chi connectivity index (χ1n) is 8.34. The lowest BCUT2D eigenvalue weighted by Gasteiger charge is -2.21. The summed E-state index contributed by atoms with van der Waals surface area (Å²) in [4.78, 5) is 35.8. The maximum atomic E-state index is 12.1. The van der Waals surface area contributed by atoms with E-state index in [1.54, 1.807) is 20.8 Å². The number of carbonyl (C=O) groups excluding carboxylic acids is 3. The normalized spacial score (nSPS) is 12.5. The maximum Gasteiger partial charge on any atom is 0.321 e. The van der Waals surface area contributed by atoms with Crippen LogP contribution in [0.2, 0.25) is 0 Å². The van der Waals surface area contributed by atoms with Crippen LogP contribution >= 0.6 is 0 Å². The lowest BCUT2D eigenvalue weighted by molar-refractivity contribution is -0.153. The fourth-order valence-corrected chi connectivity index (χ4v) is 2.36. The van der Waals surface area contributed by atoms with Crippen molar-refractivity contribution in [2.24, 2.45) is 0 Å². The molecule has 0 aliphatic heterocycles.